The minimum Gasteiger partial charge on any atom is -0.464 e. The number of nitrogens with two attached hydrogens (primary N) is 1. The van der Waals surface area contributed by atoms with E-state index in [0.717, 1.165) is 19.8 Å². The summed E-state index contributed by atoms with van der Waals surface area (Å²) in [6.45, 7) is 6.81. The van der Waals surface area contributed by atoms with Crippen molar-refractivity contribution >= 4 is 25.2 Å². The van der Waals surface area contributed by atoms with Crippen molar-refractivity contribution in [1.29, 1.82) is 0 Å². The van der Waals surface area contributed by atoms with Crippen LogP contribution in [0.3, 0.4) is 0 Å². The summed E-state index contributed by atoms with van der Waals surface area (Å²) in [6.07, 6.45) is 0.310. The van der Waals surface area contributed by atoms with Gasteiger partial charge in [0.1, 0.15) is 36.4 Å². The van der Waals surface area contributed by atoms with Crippen molar-refractivity contribution in [2.24, 2.45) is 5.92 Å². The van der Waals surface area contributed by atoms with E-state index in [-0.39, 0.29) is 35.4 Å². The summed E-state index contributed by atoms with van der Waals surface area (Å²) in [7, 11) is -4.40. The first-order valence-corrected chi connectivity index (χ1v) is 15.0. The number of fused-ring (bicyclic) bond motifs is 2. The molecule has 2 aliphatic rings. The van der Waals surface area contributed by atoms with Crippen molar-refractivity contribution in [3.05, 3.63) is 48.5 Å². The van der Waals surface area contributed by atoms with Gasteiger partial charge < -0.3 is 24.8 Å². The summed E-state index contributed by atoms with van der Waals surface area (Å²) in [5.74, 6) is -0.207. The van der Waals surface area contributed by atoms with Crippen molar-refractivity contribution in [2.45, 2.75) is 76.2 Å². The predicted molar refractivity (Wildman–Crippen MR) is 144 cm³/mol. The van der Waals surface area contributed by atoms with E-state index < -0.39 is 49.3 Å². The van der Waals surface area contributed by atoms with Crippen LogP contribution in [-0.2, 0) is 23.4 Å². The number of esters is 1. The topological polar surface area (TPSA) is 172 Å². The van der Waals surface area contributed by atoms with Gasteiger partial charge in [0, 0.05) is 0 Å². The number of imidazole rings is 1. The lowest BCUT2D eigenvalue weighted by atomic mass is 9.91. The summed E-state index contributed by atoms with van der Waals surface area (Å²) in [5, 5.41) is 18.1. The van der Waals surface area contributed by atoms with Gasteiger partial charge in [0.05, 0.1) is 18.5 Å². The number of rotatable bonds is 12. The Morgan fingerprint density at radius 1 is 1.29 bits per heavy atom. The first kappa shape index (κ1) is 29.3. The van der Waals surface area contributed by atoms with Crippen molar-refractivity contribution in [1.82, 2.24) is 24.7 Å². The summed E-state index contributed by atoms with van der Waals surface area (Å²) >= 11 is 0. The fourth-order valence-electron chi connectivity index (χ4n) is 5.03. The second-order valence-corrected chi connectivity index (χ2v) is 12.1. The number of nitrogens with one attached hydrogen (secondary N) is 1. The number of benzene rings is 1. The third-order valence-corrected chi connectivity index (χ3v) is 9.42. The summed E-state index contributed by atoms with van der Waals surface area (Å²) < 4.78 is 54.4. The molecule has 222 valence electrons. The number of hydrogen-bond donors (Lipinski definition) is 3. The van der Waals surface area contributed by atoms with Crippen LogP contribution in [0.5, 0.6) is 5.75 Å². The normalized spacial score (nSPS) is 29.2. The Hall–Kier alpha value is -3.16. The number of aliphatic hydroxyl groups is 1. The molecule has 41 heavy (non-hydrogen) atoms. The summed E-state index contributed by atoms with van der Waals surface area (Å²) in [6, 6.07) is 7.02. The van der Waals surface area contributed by atoms with E-state index in [1.54, 1.807) is 30.3 Å². The number of carbonyl (C=O) groups excluding carboxylic acids is 1. The number of ether oxygens (including phenoxy) is 2. The standard InChI is InChI=1S/C26H34FN6O7P/c1-5-16(6-2)13-37-24(34)15(3)32-41(36,39-17-10-8-7-9-11-17)40-21-20-26(21,35)25(4,27)19(38-20)18-12-29-23-22(28)30-14-31-33(18)23/h7-12,14-16,19-21,35H,5-6,13H2,1-4H3,(H,32,36)(H2,28,30,31)/t15-,19-,20+,21?,25-,26?,41?/m0/s1. The molecule has 1 aliphatic carbocycles. The SMILES string of the molecule is CCC(CC)COC(=O)[C@H](C)NP(=O)(Oc1ccccc1)OC1[C@H]2O[C@@H](c3cnc4c(N)ncnn34)[C@](C)(F)C12O. The van der Waals surface area contributed by atoms with Gasteiger partial charge in [-0.05, 0) is 31.9 Å². The molecule has 4 N–H and O–H groups in total. The quantitative estimate of drug-likeness (QED) is 0.207. The predicted octanol–water partition coefficient (Wildman–Crippen LogP) is 3.15. The van der Waals surface area contributed by atoms with E-state index in [2.05, 4.69) is 20.2 Å². The molecule has 2 aromatic heterocycles. The van der Waals surface area contributed by atoms with E-state index in [9.17, 15) is 14.5 Å². The molecule has 1 aliphatic heterocycles. The van der Waals surface area contributed by atoms with Crippen LogP contribution in [-0.4, -0.2) is 66.8 Å². The van der Waals surface area contributed by atoms with Crippen LogP contribution in [0.4, 0.5) is 10.2 Å². The van der Waals surface area contributed by atoms with Crippen molar-refractivity contribution in [3.8, 4) is 5.75 Å². The maximum Gasteiger partial charge on any atom is 0.459 e. The number of nitrogen functional groups attached to an aromatic ring is 1. The van der Waals surface area contributed by atoms with E-state index >= 15 is 4.39 Å². The molecule has 0 spiro atoms. The van der Waals surface area contributed by atoms with E-state index in [1.165, 1.54) is 24.0 Å². The first-order chi connectivity index (χ1) is 19.4. The Balaban J connectivity index is 1.35. The van der Waals surface area contributed by atoms with Gasteiger partial charge in [-0.1, -0.05) is 44.9 Å². The molecule has 2 fully saturated rings. The zero-order chi connectivity index (χ0) is 29.6. The Bertz CT molecular complexity index is 1450. The largest absolute Gasteiger partial charge is 0.464 e. The van der Waals surface area contributed by atoms with Crippen molar-refractivity contribution in [2.75, 3.05) is 12.3 Å². The molecule has 0 amide bonds. The Kier molecular flexibility index (Phi) is 7.81. The Labute approximate surface area is 236 Å². The van der Waals surface area contributed by atoms with Crippen molar-refractivity contribution < 1.29 is 37.4 Å². The summed E-state index contributed by atoms with van der Waals surface area (Å²) in [5.41, 5.74) is 1.61. The lowest BCUT2D eigenvalue weighted by Gasteiger charge is -2.31. The molecule has 1 saturated carbocycles. The lowest BCUT2D eigenvalue weighted by molar-refractivity contribution is -0.146. The zero-order valence-electron chi connectivity index (χ0n) is 23.1. The molecule has 1 saturated heterocycles. The number of alkyl halides is 1. The average molecular weight is 593 g/mol. The minimum atomic E-state index is -4.40. The van der Waals surface area contributed by atoms with Gasteiger partial charge in [-0.2, -0.15) is 10.2 Å². The number of halogens is 1. The molecule has 3 aromatic rings. The van der Waals surface area contributed by atoms with Crippen LogP contribution in [0.2, 0.25) is 0 Å². The number of para-hydroxylation sites is 1. The van der Waals surface area contributed by atoms with Crippen LogP contribution >= 0.6 is 7.75 Å². The maximum atomic E-state index is 16.4. The number of nitrogens with zero attached hydrogens (tertiary/aromatic N) is 4. The third-order valence-electron chi connectivity index (χ3n) is 7.76. The van der Waals surface area contributed by atoms with E-state index in [1.807, 2.05) is 13.8 Å². The highest BCUT2D eigenvalue weighted by molar-refractivity contribution is 7.52. The lowest BCUT2D eigenvalue weighted by Crippen LogP contribution is -2.44. The maximum absolute atomic E-state index is 16.4. The fraction of sp³-hybridized carbons (Fsp3) is 0.538. The van der Waals surface area contributed by atoms with Crippen LogP contribution < -0.4 is 15.3 Å². The van der Waals surface area contributed by atoms with Crippen molar-refractivity contribution in [3.63, 3.8) is 0 Å². The van der Waals surface area contributed by atoms with Gasteiger partial charge in [-0.15, -0.1) is 0 Å². The molecule has 5 rings (SSSR count). The third kappa shape index (κ3) is 5.19. The highest BCUT2D eigenvalue weighted by atomic mass is 31.2. The second-order valence-electron chi connectivity index (χ2n) is 10.5. The highest BCUT2D eigenvalue weighted by Gasteiger charge is 2.85. The minimum absolute atomic E-state index is 0.0903. The Morgan fingerprint density at radius 2 is 2.00 bits per heavy atom. The molecule has 3 heterocycles. The molecule has 0 radical (unpaired) electrons. The van der Waals surface area contributed by atoms with E-state index in [0.29, 0.717) is 0 Å². The Morgan fingerprint density at radius 3 is 2.63 bits per heavy atom. The van der Waals surface area contributed by atoms with Gasteiger partial charge in [-0.3, -0.25) is 9.32 Å². The van der Waals surface area contributed by atoms with Gasteiger partial charge in [0.2, 0.25) is 0 Å². The fourth-order valence-corrected chi connectivity index (χ4v) is 6.74. The zero-order valence-corrected chi connectivity index (χ0v) is 24.0. The van der Waals surface area contributed by atoms with Crippen LogP contribution in [0.15, 0.2) is 42.9 Å². The molecule has 15 heteroatoms. The molecular formula is C26H34FN6O7P. The number of aromatic nitrogens is 4. The second kappa shape index (κ2) is 10.9. The molecule has 7 atom stereocenters. The molecule has 3 unspecified atom stereocenters. The number of anilines is 1. The average Bonchev–Trinajstić information content (AvgIpc) is 3.20. The number of carbonyl (C=O) groups is 1. The molecule has 13 nitrogen and oxygen atoms in total. The van der Waals surface area contributed by atoms with Gasteiger partial charge in [-0.25, -0.2) is 23.4 Å². The van der Waals surface area contributed by atoms with Crippen LogP contribution in [0.25, 0.3) is 5.65 Å². The van der Waals surface area contributed by atoms with Crippen LogP contribution in [0, 0.1) is 5.92 Å². The first-order valence-electron chi connectivity index (χ1n) is 13.4. The molecular weight excluding hydrogens is 558 g/mol. The van der Waals surface area contributed by atoms with E-state index in [4.69, 9.17) is 24.3 Å². The van der Waals surface area contributed by atoms with Gasteiger partial charge in [0.15, 0.2) is 22.7 Å². The molecule has 0 bridgehead atoms. The van der Waals surface area contributed by atoms with Crippen LogP contribution in [0.1, 0.15) is 52.3 Å². The number of hydrogen-bond acceptors (Lipinski definition) is 11. The van der Waals surface area contributed by atoms with Gasteiger partial charge in [0.25, 0.3) is 0 Å². The highest BCUT2D eigenvalue weighted by Crippen LogP contribution is 2.67. The molecule has 1 aromatic carbocycles. The smallest absolute Gasteiger partial charge is 0.459 e. The summed E-state index contributed by atoms with van der Waals surface area (Å²) in [4.78, 5) is 20.7. The van der Waals surface area contributed by atoms with Gasteiger partial charge >= 0.3 is 13.7 Å². The monoisotopic (exact) mass is 592 g/mol.